The number of nitrogens with zero attached hydrogens (tertiary/aromatic N) is 4. The normalized spacial score (nSPS) is 16.6. The van der Waals surface area contributed by atoms with Gasteiger partial charge >= 0.3 is 5.69 Å². The molecule has 3 aromatic rings. The van der Waals surface area contributed by atoms with Gasteiger partial charge in [-0.15, -0.1) is 0 Å². The van der Waals surface area contributed by atoms with Gasteiger partial charge in [-0.1, -0.05) is 30.3 Å². The van der Waals surface area contributed by atoms with Crippen LogP contribution in [-0.4, -0.2) is 31.5 Å². The number of hydrogen-bond donors (Lipinski definition) is 0. The molecule has 1 amide bonds. The number of amides is 1. The van der Waals surface area contributed by atoms with E-state index in [1.54, 1.807) is 11.1 Å². The number of likely N-dealkylation sites (tertiary alicyclic amines) is 1. The van der Waals surface area contributed by atoms with Crippen LogP contribution in [0.15, 0.2) is 56.6 Å². The van der Waals surface area contributed by atoms with Crippen molar-refractivity contribution in [1.82, 2.24) is 19.0 Å². The summed E-state index contributed by atoms with van der Waals surface area (Å²) in [5.74, 6) is 0.859. The molecule has 1 saturated heterocycles. The van der Waals surface area contributed by atoms with Crippen molar-refractivity contribution in [1.29, 1.82) is 0 Å². The molecule has 8 nitrogen and oxygen atoms in total. The number of piperidine rings is 1. The molecule has 30 heavy (non-hydrogen) atoms. The average molecular weight is 408 g/mol. The highest BCUT2D eigenvalue weighted by molar-refractivity contribution is 5.92. The molecule has 0 unspecified atom stereocenters. The fraction of sp³-hybridized carbons (Fsp3) is 0.364. The van der Waals surface area contributed by atoms with Gasteiger partial charge in [0.1, 0.15) is 17.5 Å². The third-order valence-corrected chi connectivity index (χ3v) is 5.59. The number of benzene rings is 1. The first-order chi connectivity index (χ1) is 14.5. The third-order valence-electron chi connectivity index (χ3n) is 5.59. The molecule has 4 rings (SSSR count). The van der Waals surface area contributed by atoms with Crippen LogP contribution in [0.1, 0.15) is 53.0 Å². The lowest BCUT2D eigenvalue weighted by Gasteiger charge is -2.34. The fourth-order valence-corrected chi connectivity index (χ4v) is 3.87. The first-order valence-corrected chi connectivity index (χ1v) is 10.0. The van der Waals surface area contributed by atoms with Gasteiger partial charge in [0, 0.05) is 33.1 Å². The maximum absolute atomic E-state index is 13.3. The number of oxazole rings is 1. The van der Waals surface area contributed by atoms with Gasteiger partial charge in [0.25, 0.3) is 11.5 Å². The van der Waals surface area contributed by atoms with Crippen LogP contribution in [-0.2, 0) is 20.5 Å². The second-order valence-corrected chi connectivity index (χ2v) is 7.61. The van der Waals surface area contributed by atoms with Crippen LogP contribution >= 0.6 is 0 Å². The largest absolute Gasteiger partial charge is 0.443 e. The molecule has 0 bridgehead atoms. The van der Waals surface area contributed by atoms with Crippen LogP contribution in [0.2, 0.25) is 0 Å². The van der Waals surface area contributed by atoms with E-state index in [1.807, 2.05) is 30.3 Å². The van der Waals surface area contributed by atoms with Gasteiger partial charge in [0.15, 0.2) is 0 Å². The zero-order valence-corrected chi connectivity index (χ0v) is 17.1. The van der Waals surface area contributed by atoms with Gasteiger partial charge in [-0.05, 0) is 24.8 Å². The van der Waals surface area contributed by atoms with E-state index in [0.29, 0.717) is 18.9 Å². The minimum atomic E-state index is -0.527. The van der Waals surface area contributed by atoms with E-state index in [9.17, 15) is 14.4 Å². The number of hydrogen-bond acceptors (Lipinski definition) is 5. The Bertz CT molecular complexity index is 1180. The summed E-state index contributed by atoms with van der Waals surface area (Å²) in [5.41, 5.74) is 0.162. The molecule has 1 fully saturated rings. The summed E-state index contributed by atoms with van der Waals surface area (Å²) in [5, 5.41) is 0. The summed E-state index contributed by atoms with van der Waals surface area (Å²) in [6.45, 7) is 0.517. The van der Waals surface area contributed by atoms with Crippen LogP contribution in [0.3, 0.4) is 0 Å². The number of rotatable bonds is 4. The zero-order chi connectivity index (χ0) is 21.3. The first kappa shape index (κ1) is 19.9. The molecule has 156 valence electrons. The molecule has 1 aromatic carbocycles. The Balaban J connectivity index is 1.62. The van der Waals surface area contributed by atoms with Crippen molar-refractivity contribution >= 4 is 5.91 Å². The Morgan fingerprint density at radius 3 is 2.67 bits per heavy atom. The maximum Gasteiger partial charge on any atom is 0.331 e. The van der Waals surface area contributed by atoms with Crippen molar-refractivity contribution in [3.63, 3.8) is 0 Å². The molecule has 1 aliphatic rings. The van der Waals surface area contributed by atoms with Crippen LogP contribution in [0.25, 0.3) is 0 Å². The quantitative estimate of drug-likeness (QED) is 0.659. The fourth-order valence-electron chi connectivity index (χ4n) is 3.87. The van der Waals surface area contributed by atoms with Crippen molar-refractivity contribution < 1.29 is 9.21 Å². The lowest BCUT2D eigenvalue weighted by atomic mass is 10.0. The number of carbonyl (C=O) groups is 1. The summed E-state index contributed by atoms with van der Waals surface area (Å²) in [6, 6.07) is 10.8. The Labute approximate surface area is 173 Å². The number of aromatic nitrogens is 3. The molecule has 0 saturated carbocycles. The maximum atomic E-state index is 13.3. The van der Waals surface area contributed by atoms with Crippen molar-refractivity contribution in [2.75, 3.05) is 6.54 Å². The topological polar surface area (TPSA) is 90.3 Å². The molecule has 2 aromatic heterocycles. The van der Waals surface area contributed by atoms with E-state index in [2.05, 4.69) is 4.98 Å². The van der Waals surface area contributed by atoms with Gasteiger partial charge in [-0.2, -0.15) is 0 Å². The minimum Gasteiger partial charge on any atom is -0.443 e. The molecule has 1 aliphatic heterocycles. The van der Waals surface area contributed by atoms with Gasteiger partial charge in [0.05, 0.1) is 6.20 Å². The van der Waals surface area contributed by atoms with Crippen molar-refractivity contribution in [3.8, 4) is 0 Å². The minimum absolute atomic E-state index is 0.0751. The van der Waals surface area contributed by atoms with Crippen molar-refractivity contribution in [2.24, 2.45) is 14.1 Å². The Morgan fingerprint density at radius 2 is 1.90 bits per heavy atom. The zero-order valence-electron chi connectivity index (χ0n) is 17.1. The van der Waals surface area contributed by atoms with E-state index in [4.69, 9.17) is 4.42 Å². The highest BCUT2D eigenvalue weighted by atomic mass is 16.4. The highest BCUT2D eigenvalue weighted by Gasteiger charge is 2.33. The van der Waals surface area contributed by atoms with E-state index in [-0.39, 0.29) is 17.6 Å². The second-order valence-electron chi connectivity index (χ2n) is 7.61. The lowest BCUT2D eigenvalue weighted by Crippen LogP contribution is -2.44. The lowest BCUT2D eigenvalue weighted by molar-refractivity contribution is 0.0558. The van der Waals surface area contributed by atoms with Gasteiger partial charge in [-0.25, -0.2) is 9.78 Å². The van der Waals surface area contributed by atoms with Crippen LogP contribution < -0.4 is 11.2 Å². The van der Waals surface area contributed by atoms with Crippen molar-refractivity contribution in [2.45, 2.75) is 31.7 Å². The summed E-state index contributed by atoms with van der Waals surface area (Å²) >= 11 is 0. The Kier molecular flexibility index (Phi) is 5.39. The summed E-state index contributed by atoms with van der Waals surface area (Å²) in [6.07, 6.45) is 4.83. The monoisotopic (exact) mass is 408 g/mol. The molecular formula is C22H24N4O4. The Morgan fingerprint density at radius 1 is 1.13 bits per heavy atom. The smallest absolute Gasteiger partial charge is 0.331 e. The molecule has 0 N–H and O–H groups in total. The summed E-state index contributed by atoms with van der Waals surface area (Å²) < 4.78 is 8.20. The standard InChI is InChI=1S/C22H24N4O4/c1-24-18(13-19(27)25(2)22(24)29)21(28)26-11-7-6-10-17(26)20-23-14-16(30-20)12-15-8-4-3-5-9-15/h3-5,8-9,13-14,17H,6-7,10-12H2,1-2H3/t17-/m0/s1. The SMILES string of the molecule is Cn1c(C(=O)N2CCCC[C@H]2c2ncc(Cc3ccccc3)o2)cc(=O)n(C)c1=O. The summed E-state index contributed by atoms with van der Waals surface area (Å²) in [4.78, 5) is 43.7. The predicted molar refractivity (Wildman–Crippen MR) is 110 cm³/mol. The van der Waals surface area contributed by atoms with Crippen molar-refractivity contribution in [3.05, 3.63) is 86.3 Å². The van der Waals surface area contributed by atoms with E-state index >= 15 is 0 Å². The van der Waals surface area contributed by atoms with Gasteiger partial charge in [-0.3, -0.25) is 18.7 Å². The molecular weight excluding hydrogens is 384 g/mol. The average Bonchev–Trinajstić information content (AvgIpc) is 3.23. The van der Waals surface area contributed by atoms with E-state index in [0.717, 1.165) is 35.2 Å². The van der Waals surface area contributed by atoms with Crippen LogP contribution in [0.4, 0.5) is 0 Å². The molecule has 0 aliphatic carbocycles. The molecule has 1 atom stereocenters. The molecule has 0 spiro atoms. The van der Waals surface area contributed by atoms with E-state index < -0.39 is 11.2 Å². The highest BCUT2D eigenvalue weighted by Crippen LogP contribution is 2.32. The molecule has 3 heterocycles. The molecule has 0 radical (unpaired) electrons. The van der Waals surface area contributed by atoms with Gasteiger partial charge < -0.3 is 9.32 Å². The predicted octanol–water partition coefficient (Wildman–Crippen LogP) is 2.03. The Hall–Kier alpha value is -3.42. The van der Waals surface area contributed by atoms with E-state index in [1.165, 1.54) is 24.7 Å². The summed E-state index contributed by atoms with van der Waals surface area (Å²) in [7, 11) is 2.89. The first-order valence-electron chi connectivity index (χ1n) is 10.0. The molecule has 8 heteroatoms. The van der Waals surface area contributed by atoms with Crippen LogP contribution in [0, 0.1) is 0 Å². The third kappa shape index (κ3) is 3.72. The second kappa shape index (κ2) is 8.14. The van der Waals surface area contributed by atoms with Crippen LogP contribution in [0.5, 0.6) is 0 Å². The van der Waals surface area contributed by atoms with Gasteiger partial charge in [0.2, 0.25) is 5.89 Å². The number of carbonyl (C=O) groups excluding carboxylic acids is 1.